The van der Waals surface area contributed by atoms with Crippen LogP contribution < -0.4 is 14.9 Å². The molecule has 0 fully saturated rings. The predicted octanol–water partition coefficient (Wildman–Crippen LogP) is 3.06. The van der Waals surface area contributed by atoms with Crippen LogP contribution in [-0.4, -0.2) is 17.1 Å². The first-order valence-electron chi connectivity index (χ1n) is 9.55. The second-order valence-corrected chi connectivity index (χ2v) is 7.64. The second-order valence-electron chi connectivity index (χ2n) is 6.63. The van der Waals surface area contributed by atoms with Crippen molar-refractivity contribution < 1.29 is 13.9 Å². The molecular weight excluding hydrogens is 400 g/mol. The number of benzene rings is 1. The molecule has 0 spiro atoms. The summed E-state index contributed by atoms with van der Waals surface area (Å²) in [6, 6.07) is 12.6. The van der Waals surface area contributed by atoms with E-state index in [-0.39, 0.29) is 12.2 Å². The lowest BCUT2D eigenvalue weighted by atomic mass is 10.0. The van der Waals surface area contributed by atoms with Crippen molar-refractivity contribution in [1.29, 1.82) is 0 Å². The monoisotopic (exact) mass is 420 g/mol. The summed E-state index contributed by atoms with van der Waals surface area (Å²) >= 11 is 1.26. The van der Waals surface area contributed by atoms with E-state index in [1.165, 1.54) is 15.9 Å². The third kappa shape index (κ3) is 3.84. The third-order valence-electron chi connectivity index (χ3n) is 4.65. The third-order valence-corrected chi connectivity index (χ3v) is 5.63. The molecule has 3 heterocycles. The quantitative estimate of drug-likeness (QED) is 0.595. The van der Waals surface area contributed by atoms with Gasteiger partial charge in [0.2, 0.25) is 0 Å². The molecule has 152 valence electrons. The lowest BCUT2D eigenvalue weighted by Gasteiger charge is -2.21. The summed E-state index contributed by atoms with van der Waals surface area (Å²) in [6.07, 6.45) is 6.98. The van der Waals surface area contributed by atoms with Crippen LogP contribution in [0.3, 0.4) is 0 Å². The molecular formula is C23H20N2O4S. The molecule has 1 aliphatic rings. The van der Waals surface area contributed by atoms with Gasteiger partial charge in [0.05, 0.1) is 34.7 Å². The Morgan fingerprint density at radius 1 is 1.27 bits per heavy atom. The molecule has 0 saturated carbocycles. The zero-order valence-electron chi connectivity index (χ0n) is 16.6. The zero-order chi connectivity index (χ0) is 21.1. The van der Waals surface area contributed by atoms with Crippen LogP contribution >= 0.6 is 11.3 Å². The average Bonchev–Trinajstić information content (AvgIpc) is 3.35. The maximum absolute atomic E-state index is 13.2. The fraction of sp³-hybridized carbons (Fsp3) is 0.174. The highest BCUT2D eigenvalue weighted by Crippen LogP contribution is 2.26. The number of allylic oxidation sites excluding steroid dienone is 2. The van der Waals surface area contributed by atoms with Gasteiger partial charge in [-0.3, -0.25) is 9.36 Å². The highest BCUT2D eigenvalue weighted by molar-refractivity contribution is 7.07. The second kappa shape index (κ2) is 8.51. The van der Waals surface area contributed by atoms with Crippen LogP contribution in [0.25, 0.3) is 12.2 Å². The maximum atomic E-state index is 13.2. The van der Waals surface area contributed by atoms with E-state index in [2.05, 4.69) is 4.99 Å². The van der Waals surface area contributed by atoms with E-state index in [9.17, 15) is 9.59 Å². The van der Waals surface area contributed by atoms with Crippen molar-refractivity contribution in [3.05, 3.63) is 97.1 Å². The van der Waals surface area contributed by atoms with Gasteiger partial charge in [-0.25, -0.2) is 9.79 Å². The average molecular weight is 420 g/mol. The van der Waals surface area contributed by atoms with Crippen molar-refractivity contribution in [2.24, 2.45) is 4.99 Å². The van der Waals surface area contributed by atoms with Gasteiger partial charge in [0.15, 0.2) is 4.80 Å². The van der Waals surface area contributed by atoms with Crippen molar-refractivity contribution in [1.82, 2.24) is 4.57 Å². The Bertz CT molecular complexity index is 1300. The fourth-order valence-corrected chi connectivity index (χ4v) is 4.32. The highest BCUT2D eigenvalue weighted by atomic mass is 32.1. The maximum Gasteiger partial charge on any atom is 0.338 e. The summed E-state index contributed by atoms with van der Waals surface area (Å²) in [7, 11) is 0. The van der Waals surface area contributed by atoms with Crippen molar-refractivity contribution in [3.63, 3.8) is 0 Å². The van der Waals surface area contributed by atoms with E-state index in [1.807, 2.05) is 42.5 Å². The summed E-state index contributed by atoms with van der Waals surface area (Å²) < 4.78 is 12.6. The van der Waals surface area contributed by atoms with Crippen LogP contribution in [0.15, 0.2) is 80.3 Å². The molecule has 0 bridgehead atoms. The van der Waals surface area contributed by atoms with Crippen LogP contribution in [0.1, 0.15) is 31.2 Å². The van der Waals surface area contributed by atoms with Gasteiger partial charge < -0.3 is 9.15 Å². The number of carbonyl (C=O) groups is 1. The van der Waals surface area contributed by atoms with Gasteiger partial charge in [-0.2, -0.15) is 0 Å². The number of nitrogens with zero attached hydrogens (tertiary/aromatic N) is 2. The fourth-order valence-electron chi connectivity index (χ4n) is 3.29. The number of fused-ring (bicyclic) bond motifs is 1. The Morgan fingerprint density at radius 2 is 2.07 bits per heavy atom. The van der Waals surface area contributed by atoms with Crippen molar-refractivity contribution >= 4 is 29.5 Å². The van der Waals surface area contributed by atoms with E-state index >= 15 is 0 Å². The molecule has 30 heavy (non-hydrogen) atoms. The SMILES string of the molecule is CCOC(=O)C1=C(C)N=c2s/c(=C\c3ccco3)c(=O)n2C1/C=C/c1ccccc1. The van der Waals surface area contributed by atoms with Crippen molar-refractivity contribution in [3.8, 4) is 0 Å². The first kappa shape index (κ1) is 19.8. The van der Waals surface area contributed by atoms with Gasteiger partial charge in [0, 0.05) is 6.08 Å². The normalized spacial score (nSPS) is 16.6. The van der Waals surface area contributed by atoms with E-state index in [4.69, 9.17) is 9.15 Å². The molecule has 0 radical (unpaired) electrons. The summed E-state index contributed by atoms with van der Waals surface area (Å²) in [4.78, 5) is 31.0. The molecule has 0 aliphatic carbocycles. The number of rotatable bonds is 5. The van der Waals surface area contributed by atoms with Gasteiger partial charge in [-0.1, -0.05) is 53.8 Å². The van der Waals surface area contributed by atoms with Gasteiger partial charge in [0.1, 0.15) is 5.76 Å². The minimum atomic E-state index is -0.612. The Balaban J connectivity index is 1.88. The predicted molar refractivity (Wildman–Crippen MR) is 115 cm³/mol. The van der Waals surface area contributed by atoms with Crippen molar-refractivity contribution in [2.45, 2.75) is 19.9 Å². The number of esters is 1. The minimum Gasteiger partial charge on any atom is -0.465 e. The van der Waals surface area contributed by atoms with Gasteiger partial charge in [-0.05, 0) is 31.5 Å². The number of ether oxygens (including phenoxy) is 1. The molecule has 0 amide bonds. The standard InChI is InChI=1S/C23H20N2O4S/c1-3-28-22(27)20-15(2)24-23-25(18(20)12-11-16-8-5-4-6-9-16)21(26)19(30-23)14-17-10-7-13-29-17/h4-14,18H,3H2,1-2H3/b12-11+,19-14-. The number of thiazole rings is 1. The van der Waals surface area contributed by atoms with Gasteiger partial charge in [-0.15, -0.1) is 0 Å². The lowest BCUT2D eigenvalue weighted by molar-refractivity contribution is -0.139. The molecule has 6 nitrogen and oxygen atoms in total. The molecule has 1 unspecified atom stereocenters. The highest BCUT2D eigenvalue weighted by Gasteiger charge is 2.30. The molecule has 7 heteroatoms. The Kier molecular flexibility index (Phi) is 5.63. The number of hydrogen-bond donors (Lipinski definition) is 0. The number of aromatic nitrogens is 1. The Hall–Kier alpha value is -3.45. The van der Waals surface area contributed by atoms with Crippen LogP contribution in [-0.2, 0) is 9.53 Å². The summed E-state index contributed by atoms with van der Waals surface area (Å²) in [5.74, 6) is 0.111. The molecule has 1 aliphatic heterocycles. The van der Waals surface area contributed by atoms with E-state index in [0.717, 1.165) is 5.56 Å². The van der Waals surface area contributed by atoms with Crippen LogP contribution in [0.5, 0.6) is 0 Å². The largest absolute Gasteiger partial charge is 0.465 e. The summed E-state index contributed by atoms with van der Waals surface area (Å²) in [5, 5.41) is 0. The minimum absolute atomic E-state index is 0.229. The lowest BCUT2D eigenvalue weighted by Crippen LogP contribution is -2.38. The van der Waals surface area contributed by atoms with Gasteiger partial charge in [0.25, 0.3) is 5.56 Å². The first-order chi connectivity index (χ1) is 14.6. The smallest absolute Gasteiger partial charge is 0.338 e. The van der Waals surface area contributed by atoms with Crippen LogP contribution in [0.2, 0.25) is 0 Å². The van der Waals surface area contributed by atoms with E-state index in [1.54, 1.807) is 38.3 Å². The van der Waals surface area contributed by atoms with Gasteiger partial charge >= 0.3 is 5.97 Å². The molecule has 2 aromatic heterocycles. The number of carbonyl (C=O) groups excluding carboxylic acids is 1. The summed E-state index contributed by atoms with van der Waals surface area (Å²) in [6.45, 7) is 3.76. The zero-order valence-corrected chi connectivity index (χ0v) is 17.4. The van der Waals surface area contributed by atoms with Crippen molar-refractivity contribution in [2.75, 3.05) is 6.61 Å². The number of hydrogen-bond acceptors (Lipinski definition) is 6. The molecule has 0 N–H and O–H groups in total. The molecule has 0 saturated heterocycles. The van der Waals surface area contributed by atoms with E-state index in [0.29, 0.717) is 26.4 Å². The summed E-state index contributed by atoms with van der Waals surface area (Å²) in [5.41, 5.74) is 1.64. The Morgan fingerprint density at radius 3 is 2.77 bits per heavy atom. The first-order valence-corrected chi connectivity index (χ1v) is 10.4. The topological polar surface area (TPSA) is 73.8 Å². The molecule has 1 aromatic carbocycles. The van der Waals surface area contributed by atoms with Crippen LogP contribution in [0.4, 0.5) is 0 Å². The van der Waals surface area contributed by atoms with Crippen LogP contribution in [0, 0.1) is 0 Å². The Labute approximate surface area is 176 Å². The molecule has 1 atom stereocenters. The molecule has 4 rings (SSSR count). The number of furan rings is 1. The van der Waals surface area contributed by atoms with E-state index < -0.39 is 12.0 Å². The molecule has 3 aromatic rings.